The van der Waals surface area contributed by atoms with E-state index in [2.05, 4.69) is 30.7 Å². The molecule has 0 aliphatic carbocycles. The van der Waals surface area contributed by atoms with E-state index in [4.69, 9.17) is 5.73 Å². The number of nitrogens with two attached hydrogens (primary N) is 1. The van der Waals surface area contributed by atoms with Crippen molar-refractivity contribution < 1.29 is 22.8 Å². The van der Waals surface area contributed by atoms with Crippen LogP contribution in [0, 0.1) is 0 Å². The van der Waals surface area contributed by atoms with Gasteiger partial charge in [0.15, 0.2) is 5.82 Å². The van der Waals surface area contributed by atoms with E-state index in [0.29, 0.717) is 39.4 Å². The second-order valence-electron chi connectivity index (χ2n) is 8.25. The highest BCUT2D eigenvalue weighted by molar-refractivity contribution is 6.07. The molecule has 6 N–H and O–H groups in total. The summed E-state index contributed by atoms with van der Waals surface area (Å²) in [5, 5.41) is 11.6. The van der Waals surface area contributed by atoms with Crippen LogP contribution < -0.4 is 21.7 Å². The minimum Gasteiger partial charge on any atom is -0.382 e. The number of nitrogens with one attached hydrogen (secondary N) is 4. The van der Waals surface area contributed by atoms with Crippen molar-refractivity contribution in [1.82, 2.24) is 35.2 Å². The second-order valence-corrected chi connectivity index (χ2v) is 8.25. The van der Waals surface area contributed by atoms with Gasteiger partial charge >= 0.3 is 6.18 Å². The molecule has 0 aliphatic rings. The zero-order valence-electron chi connectivity index (χ0n) is 19.7. The van der Waals surface area contributed by atoms with Gasteiger partial charge in [-0.2, -0.15) is 18.3 Å². The molecule has 38 heavy (non-hydrogen) atoms. The number of hydrogen-bond donors (Lipinski definition) is 5. The standard InChI is InChI=1S/C24H20F3N9O2/c1-29-21(37)13-4-7-16-17(8-13)35-23(34-16)33-14-5-2-12(3-6-14)18-15(22(38)30-10-24(25,26)27)9-36-19(18)20(28)31-11-32-36/h2-9,11H,10H2,1H3,(H,29,37)(H,30,38)(H2,28,31,32)(H2,33,34,35). The Balaban J connectivity index is 1.45. The molecule has 2 aromatic carbocycles. The van der Waals surface area contributed by atoms with Crippen molar-refractivity contribution in [2.45, 2.75) is 6.18 Å². The van der Waals surface area contributed by atoms with Gasteiger partial charge in [-0.1, -0.05) is 12.1 Å². The fraction of sp³-hybridized carbons (Fsp3) is 0.125. The lowest BCUT2D eigenvalue weighted by molar-refractivity contribution is -0.123. The molecule has 14 heteroatoms. The Morgan fingerprint density at radius 3 is 2.58 bits per heavy atom. The number of nitrogens with zero attached hydrogens (tertiary/aromatic N) is 4. The fourth-order valence-corrected chi connectivity index (χ4v) is 3.99. The zero-order chi connectivity index (χ0) is 27.0. The number of anilines is 3. The Morgan fingerprint density at radius 2 is 1.87 bits per heavy atom. The van der Waals surface area contributed by atoms with Crippen LogP contribution in [0.5, 0.6) is 0 Å². The van der Waals surface area contributed by atoms with Gasteiger partial charge in [0, 0.05) is 30.1 Å². The van der Waals surface area contributed by atoms with Gasteiger partial charge in [0.25, 0.3) is 11.8 Å². The SMILES string of the molecule is CNC(=O)c1ccc2nc(Nc3ccc(-c4c(C(=O)NCC(F)(F)F)cn5ncnc(N)c45)cc3)[nH]c2c1. The van der Waals surface area contributed by atoms with Gasteiger partial charge in [-0.15, -0.1) is 0 Å². The number of aromatic nitrogens is 5. The number of halogens is 3. The highest BCUT2D eigenvalue weighted by Crippen LogP contribution is 2.33. The number of benzene rings is 2. The number of imidazole rings is 1. The number of carbonyl (C=O) groups excluding carboxylic acids is 2. The van der Waals surface area contributed by atoms with E-state index in [1.165, 1.54) is 17.0 Å². The number of rotatable bonds is 6. The minimum absolute atomic E-state index is 0.0358. The van der Waals surface area contributed by atoms with E-state index >= 15 is 0 Å². The molecule has 3 aromatic heterocycles. The predicted octanol–water partition coefficient (Wildman–Crippen LogP) is 3.25. The van der Waals surface area contributed by atoms with Gasteiger partial charge < -0.3 is 26.7 Å². The van der Waals surface area contributed by atoms with Crippen molar-refractivity contribution >= 4 is 45.8 Å². The molecule has 3 heterocycles. The van der Waals surface area contributed by atoms with Crippen LogP contribution >= 0.6 is 0 Å². The molecule has 194 valence electrons. The van der Waals surface area contributed by atoms with Crippen LogP contribution in [-0.4, -0.2) is 56.1 Å². The number of aromatic amines is 1. The van der Waals surface area contributed by atoms with Crippen molar-refractivity contribution in [2.75, 3.05) is 24.6 Å². The zero-order valence-corrected chi connectivity index (χ0v) is 19.7. The third kappa shape index (κ3) is 4.78. The smallest absolute Gasteiger partial charge is 0.382 e. The van der Waals surface area contributed by atoms with Crippen molar-refractivity contribution in [2.24, 2.45) is 0 Å². The Hall–Kier alpha value is -5.14. The number of alkyl halides is 3. The second kappa shape index (κ2) is 9.38. The van der Waals surface area contributed by atoms with Crippen LogP contribution in [-0.2, 0) is 0 Å². The molecule has 0 fully saturated rings. The first kappa shape index (κ1) is 24.5. The lowest BCUT2D eigenvalue weighted by atomic mass is 10.0. The summed E-state index contributed by atoms with van der Waals surface area (Å²) in [5.41, 5.74) is 9.51. The molecule has 0 saturated heterocycles. The van der Waals surface area contributed by atoms with Gasteiger partial charge in [-0.3, -0.25) is 9.59 Å². The van der Waals surface area contributed by atoms with Gasteiger partial charge in [0.05, 0.1) is 16.6 Å². The average Bonchev–Trinajstić information content (AvgIpc) is 3.48. The number of amides is 2. The van der Waals surface area contributed by atoms with E-state index in [9.17, 15) is 22.8 Å². The fourth-order valence-electron chi connectivity index (χ4n) is 3.99. The molecule has 0 saturated carbocycles. The molecule has 0 radical (unpaired) electrons. The lowest BCUT2D eigenvalue weighted by Crippen LogP contribution is -2.33. The topological polar surface area (TPSA) is 155 Å². The van der Waals surface area contributed by atoms with Crippen molar-refractivity contribution in [3.05, 3.63) is 66.1 Å². The predicted molar refractivity (Wildman–Crippen MR) is 134 cm³/mol. The molecular weight excluding hydrogens is 503 g/mol. The molecule has 0 unspecified atom stereocenters. The summed E-state index contributed by atoms with van der Waals surface area (Å²) in [6, 6.07) is 11.8. The van der Waals surface area contributed by atoms with E-state index in [0.717, 1.165) is 0 Å². The molecule has 11 nitrogen and oxygen atoms in total. The largest absolute Gasteiger partial charge is 0.405 e. The van der Waals surface area contributed by atoms with Crippen molar-refractivity contribution in [3.8, 4) is 11.1 Å². The number of carbonyl (C=O) groups is 2. The summed E-state index contributed by atoms with van der Waals surface area (Å²) in [4.78, 5) is 36.1. The minimum atomic E-state index is -4.57. The number of nitrogen functional groups attached to an aromatic ring is 1. The summed E-state index contributed by atoms with van der Waals surface area (Å²) in [5.74, 6) is -0.656. The van der Waals surface area contributed by atoms with Gasteiger partial charge in [-0.05, 0) is 35.9 Å². The van der Waals surface area contributed by atoms with Gasteiger partial charge in [0.1, 0.15) is 18.4 Å². The molecular formula is C24H20F3N9O2. The highest BCUT2D eigenvalue weighted by Gasteiger charge is 2.29. The maximum Gasteiger partial charge on any atom is 0.405 e. The Labute approximate surface area is 212 Å². The monoisotopic (exact) mass is 523 g/mol. The summed E-state index contributed by atoms with van der Waals surface area (Å²) >= 11 is 0. The Morgan fingerprint density at radius 1 is 1.11 bits per heavy atom. The van der Waals surface area contributed by atoms with E-state index in [-0.39, 0.29) is 22.8 Å². The van der Waals surface area contributed by atoms with Crippen LogP contribution in [0.15, 0.2) is 55.0 Å². The summed E-state index contributed by atoms with van der Waals surface area (Å²) in [6.07, 6.45) is -2.08. The molecule has 0 spiro atoms. The van der Waals surface area contributed by atoms with Gasteiger partial charge in [0.2, 0.25) is 5.95 Å². The molecule has 0 atom stereocenters. The van der Waals surface area contributed by atoms with E-state index in [1.54, 1.807) is 49.5 Å². The number of hydrogen-bond acceptors (Lipinski definition) is 7. The Bertz CT molecular complexity index is 1670. The number of fused-ring (bicyclic) bond motifs is 2. The maximum absolute atomic E-state index is 12.7. The van der Waals surface area contributed by atoms with E-state index in [1.807, 2.05) is 5.32 Å². The molecule has 5 aromatic rings. The van der Waals surface area contributed by atoms with Crippen molar-refractivity contribution in [1.29, 1.82) is 0 Å². The summed E-state index contributed by atoms with van der Waals surface area (Å²) in [7, 11) is 1.55. The Kier molecular flexibility index (Phi) is 6.06. The van der Waals surface area contributed by atoms with Crippen LogP contribution in [0.25, 0.3) is 27.7 Å². The molecule has 2 amide bonds. The third-order valence-corrected chi connectivity index (χ3v) is 5.70. The van der Waals surface area contributed by atoms with Crippen molar-refractivity contribution in [3.63, 3.8) is 0 Å². The summed E-state index contributed by atoms with van der Waals surface area (Å²) < 4.78 is 39.4. The normalized spacial score (nSPS) is 11.6. The van der Waals surface area contributed by atoms with Crippen LogP contribution in [0.2, 0.25) is 0 Å². The lowest BCUT2D eigenvalue weighted by Gasteiger charge is -2.10. The molecule has 5 rings (SSSR count). The first-order chi connectivity index (χ1) is 18.1. The molecule has 0 bridgehead atoms. The first-order valence-electron chi connectivity index (χ1n) is 11.2. The maximum atomic E-state index is 12.7. The van der Waals surface area contributed by atoms with Crippen LogP contribution in [0.4, 0.5) is 30.6 Å². The van der Waals surface area contributed by atoms with E-state index < -0.39 is 18.6 Å². The first-order valence-corrected chi connectivity index (χ1v) is 11.2. The molecule has 0 aliphatic heterocycles. The average molecular weight is 523 g/mol. The quantitative estimate of drug-likeness (QED) is 0.229. The highest BCUT2D eigenvalue weighted by atomic mass is 19.4. The van der Waals surface area contributed by atoms with Crippen LogP contribution in [0.3, 0.4) is 0 Å². The van der Waals surface area contributed by atoms with Gasteiger partial charge in [-0.25, -0.2) is 14.5 Å². The summed E-state index contributed by atoms with van der Waals surface area (Å²) in [6.45, 7) is -1.48. The third-order valence-electron chi connectivity index (χ3n) is 5.70. The number of H-pyrrole nitrogens is 1. The van der Waals surface area contributed by atoms with Crippen LogP contribution in [0.1, 0.15) is 20.7 Å².